The third kappa shape index (κ3) is 6.34. The molecule has 3 rings (SSSR count). The van der Waals surface area contributed by atoms with Crippen molar-refractivity contribution in [3.05, 3.63) is 35.4 Å². The molecule has 3 nitrogen and oxygen atoms in total. The fraction of sp³-hybridized carbons (Fsp3) is 0.667. The molecular formula is C21H32N2OS. The molecule has 1 aliphatic heterocycles. The molecule has 1 aliphatic carbocycles. The van der Waals surface area contributed by atoms with Crippen molar-refractivity contribution in [2.75, 3.05) is 25.4 Å². The maximum atomic E-state index is 12.3. The zero-order valence-corrected chi connectivity index (χ0v) is 16.2. The second kappa shape index (κ2) is 10.2. The van der Waals surface area contributed by atoms with E-state index >= 15 is 0 Å². The van der Waals surface area contributed by atoms with Crippen molar-refractivity contribution in [1.29, 1.82) is 0 Å². The Morgan fingerprint density at radius 1 is 1.00 bits per heavy atom. The van der Waals surface area contributed by atoms with Crippen LogP contribution in [0.5, 0.6) is 0 Å². The maximum Gasteiger partial charge on any atom is 0.251 e. The Morgan fingerprint density at radius 2 is 1.68 bits per heavy atom. The molecule has 1 amide bonds. The summed E-state index contributed by atoms with van der Waals surface area (Å²) < 4.78 is 0. The lowest BCUT2D eigenvalue weighted by Gasteiger charge is -2.19. The Morgan fingerprint density at radius 3 is 2.36 bits per heavy atom. The van der Waals surface area contributed by atoms with E-state index in [9.17, 15) is 4.79 Å². The van der Waals surface area contributed by atoms with Crippen LogP contribution in [0.4, 0.5) is 0 Å². The predicted molar refractivity (Wildman–Crippen MR) is 107 cm³/mol. The van der Waals surface area contributed by atoms with Crippen LogP contribution in [0, 0.1) is 0 Å². The van der Waals surface area contributed by atoms with Crippen LogP contribution in [-0.2, 0) is 6.54 Å². The minimum atomic E-state index is 0.0633. The van der Waals surface area contributed by atoms with Gasteiger partial charge in [-0.05, 0) is 56.5 Å². The average Bonchev–Trinajstić information content (AvgIpc) is 3.02. The molecule has 138 valence electrons. The molecule has 1 aromatic rings. The van der Waals surface area contributed by atoms with E-state index in [1.54, 1.807) is 0 Å². The Bertz CT molecular complexity index is 517. The van der Waals surface area contributed by atoms with Crippen molar-refractivity contribution in [2.24, 2.45) is 0 Å². The van der Waals surface area contributed by atoms with Crippen molar-refractivity contribution in [2.45, 2.75) is 63.2 Å². The van der Waals surface area contributed by atoms with Gasteiger partial charge in [0.1, 0.15) is 0 Å². The molecule has 0 radical (unpaired) electrons. The van der Waals surface area contributed by atoms with E-state index in [2.05, 4.69) is 22.3 Å². The van der Waals surface area contributed by atoms with Crippen molar-refractivity contribution < 1.29 is 4.79 Å². The van der Waals surface area contributed by atoms with Gasteiger partial charge in [-0.3, -0.25) is 9.69 Å². The Kier molecular flexibility index (Phi) is 7.68. The molecule has 1 N–H and O–H groups in total. The lowest BCUT2D eigenvalue weighted by Crippen LogP contribution is -2.26. The summed E-state index contributed by atoms with van der Waals surface area (Å²) in [4.78, 5) is 14.8. The van der Waals surface area contributed by atoms with Crippen LogP contribution in [0.1, 0.15) is 67.3 Å². The SMILES string of the molecule is O=C(NCCSC1CCCC1)c1ccc(CN2CCCCCC2)cc1. The van der Waals surface area contributed by atoms with Crippen molar-refractivity contribution in [1.82, 2.24) is 10.2 Å². The highest BCUT2D eigenvalue weighted by Crippen LogP contribution is 2.28. The number of hydrogen-bond donors (Lipinski definition) is 1. The van der Waals surface area contributed by atoms with Gasteiger partial charge in [0.05, 0.1) is 0 Å². The highest BCUT2D eigenvalue weighted by molar-refractivity contribution is 7.99. The summed E-state index contributed by atoms with van der Waals surface area (Å²) in [5.74, 6) is 1.09. The molecule has 0 bridgehead atoms. The Balaban J connectivity index is 1.39. The smallest absolute Gasteiger partial charge is 0.251 e. The number of amides is 1. The summed E-state index contributed by atoms with van der Waals surface area (Å²) in [6.07, 6.45) is 10.9. The van der Waals surface area contributed by atoms with Crippen molar-refractivity contribution in [3.8, 4) is 0 Å². The van der Waals surface area contributed by atoms with Crippen LogP contribution in [0.3, 0.4) is 0 Å². The summed E-state index contributed by atoms with van der Waals surface area (Å²) in [7, 11) is 0. The molecule has 1 aromatic carbocycles. The second-order valence-electron chi connectivity index (χ2n) is 7.42. The zero-order valence-electron chi connectivity index (χ0n) is 15.3. The van der Waals surface area contributed by atoms with Crippen LogP contribution in [-0.4, -0.2) is 41.4 Å². The van der Waals surface area contributed by atoms with E-state index in [1.807, 2.05) is 23.9 Å². The number of benzene rings is 1. The molecule has 2 fully saturated rings. The van der Waals surface area contributed by atoms with Gasteiger partial charge in [0, 0.05) is 29.7 Å². The first-order chi connectivity index (χ1) is 12.3. The van der Waals surface area contributed by atoms with Crippen LogP contribution in [0.2, 0.25) is 0 Å². The molecular weight excluding hydrogens is 328 g/mol. The molecule has 0 aromatic heterocycles. The van der Waals surface area contributed by atoms with E-state index < -0.39 is 0 Å². The molecule has 1 heterocycles. The first kappa shape index (κ1) is 18.8. The molecule has 0 unspecified atom stereocenters. The number of nitrogens with zero attached hydrogens (tertiary/aromatic N) is 1. The summed E-state index contributed by atoms with van der Waals surface area (Å²) in [6, 6.07) is 8.19. The third-order valence-corrected chi connectivity index (χ3v) is 6.75. The highest BCUT2D eigenvalue weighted by atomic mass is 32.2. The van der Waals surface area contributed by atoms with E-state index in [0.29, 0.717) is 0 Å². The molecule has 0 spiro atoms. The van der Waals surface area contributed by atoms with Gasteiger partial charge in [0.2, 0.25) is 0 Å². The van der Waals surface area contributed by atoms with E-state index in [4.69, 9.17) is 0 Å². The number of carbonyl (C=O) groups is 1. The largest absolute Gasteiger partial charge is 0.351 e. The summed E-state index contributed by atoms with van der Waals surface area (Å²) >= 11 is 2.02. The molecule has 1 saturated carbocycles. The van der Waals surface area contributed by atoms with Gasteiger partial charge in [-0.15, -0.1) is 0 Å². The van der Waals surface area contributed by atoms with E-state index in [0.717, 1.165) is 29.7 Å². The monoisotopic (exact) mass is 360 g/mol. The normalized spacial score (nSPS) is 19.7. The van der Waals surface area contributed by atoms with Gasteiger partial charge in [0.15, 0.2) is 0 Å². The van der Waals surface area contributed by atoms with Crippen molar-refractivity contribution in [3.63, 3.8) is 0 Å². The molecule has 25 heavy (non-hydrogen) atoms. The standard InChI is InChI=1S/C21H32N2OS/c24-21(22-13-16-25-20-7-3-4-8-20)19-11-9-18(10-12-19)17-23-14-5-1-2-6-15-23/h9-12,20H,1-8,13-17H2,(H,22,24). The number of likely N-dealkylation sites (tertiary alicyclic amines) is 1. The number of rotatable bonds is 7. The maximum absolute atomic E-state index is 12.3. The number of nitrogens with one attached hydrogen (secondary N) is 1. The zero-order chi connectivity index (χ0) is 17.3. The van der Waals surface area contributed by atoms with Crippen LogP contribution < -0.4 is 5.32 Å². The number of carbonyl (C=O) groups excluding carboxylic acids is 1. The minimum absolute atomic E-state index is 0.0633. The van der Waals surface area contributed by atoms with Gasteiger partial charge in [-0.25, -0.2) is 0 Å². The number of thioether (sulfide) groups is 1. The van der Waals surface area contributed by atoms with Crippen molar-refractivity contribution >= 4 is 17.7 Å². The molecule has 4 heteroatoms. The lowest BCUT2D eigenvalue weighted by atomic mass is 10.1. The first-order valence-electron chi connectivity index (χ1n) is 10.0. The van der Waals surface area contributed by atoms with Crippen LogP contribution in [0.25, 0.3) is 0 Å². The quantitative estimate of drug-likeness (QED) is 0.728. The highest BCUT2D eigenvalue weighted by Gasteiger charge is 2.15. The van der Waals surface area contributed by atoms with E-state index in [1.165, 1.54) is 70.0 Å². The van der Waals surface area contributed by atoms with Gasteiger partial charge in [-0.1, -0.05) is 37.8 Å². The second-order valence-corrected chi connectivity index (χ2v) is 8.83. The molecule has 0 atom stereocenters. The fourth-order valence-corrected chi connectivity index (χ4v) is 5.08. The molecule has 1 saturated heterocycles. The number of hydrogen-bond acceptors (Lipinski definition) is 3. The topological polar surface area (TPSA) is 32.3 Å². The fourth-order valence-electron chi connectivity index (χ4n) is 3.86. The predicted octanol–water partition coefficient (Wildman–Crippen LogP) is 4.47. The molecule has 2 aliphatic rings. The Hall–Kier alpha value is -1.00. The van der Waals surface area contributed by atoms with Crippen LogP contribution in [0.15, 0.2) is 24.3 Å². The Labute approximate surface area is 156 Å². The summed E-state index contributed by atoms with van der Waals surface area (Å²) in [5.41, 5.74) is 2.10. The summed E-state index contributed by atoms with van der Waals surface area (Å²) in [6.45, 7) is 4.21. The van der Waals surface area contributed by atoms with E-state index in [-0.39, 0.29) is 5.91 Å². The van der Waals surface area contributed by atoms with Gasteiger partial charge >= 0.3 is 0 Å². The summed E-state index contributed by atoms with van der Waals surface area (Å²) in [5, 5.41) is 3.89. The first-order valence-corrected chi connectivity index (χ1v) is 11.1. The lowest BCUT2D eigenvalue weighted by molar-refractivity contribution is 0.0956. The average molecular weight is 361 g/mol. The van der Waals surface area contributed by atoms with Gasteiger partial charge in [-0.2, -0.15) is 11.8 Å². The third-order valence-electron chi connectivity index (χ3n) is 5.36. The minimum Gasteiger partial charge on any atom is -0.351 e. The van der Waals surface area contributed by atoms with Gasteiger partial charge < -0.3 is 5.32 Å². The van der Waals surface area contributed by atoms with Crippen LogP contribution >= 0.6 is 11.8 Å². The van der Waals surface area contributed by atoms with Gasteiger partial charge in [0.25, 0.3) is 5.91 Å².